The lowest BCUT2D eigenvalue weighted by molar-refractivity contribution is 0.172. The van der Waals surface area contributed by atoms with Gasteiger partial charge in [0, 0.05) is 6.54 Å². The summed E-state index contributed by atoms with van der Waals surface area (Å²) in [6.07, 6.45) is -1.75. The first-order chi connectivity index (χ1) is 10.3. The predicted molar refractivity (Wildman–Crippen MR) is 72.9 cm³/mol. The van der Waals surface area contributed by atoms with E-state index in [1.54, 1.807) is 0 Å². The van der Waals surface area contributed by atoms with E-state index in [4.69, 9.17) is 0 Å². The van der Waals surface area contributed by atoms with E-state index in [0.29, 0.717) is 0 Å². The van der Waals surface area contributed by atoms with Crippen LogP contribution in [0.5, 0.6) is 0 Å². The first-order valence-corrected chi connectivity index (χ1v) is 7.67. The zero-order chi connectivity index (χ0) is 16.3. The van der Waals surface area contributed by atoms with E-state index in [0.717, 1.165) is 30.3 Å². The Hall–Kier alpha value is -1.90. The molecule has 118 valence electrons. The van der Waals surface area contributed by atoms with Gasteiger partial charge in [-0.15, -0.1) is 0 Å². The van der Waals surface area contributed by atoms with Gasteiger partial charge in [0.25, 0.3) is 0 Å². The fraction of sp³-hybridized carbons (Fsp3) is 0.143. The molecule has 1 atom stereocenters. The summed E-state index contributed by atoms with van der Waals surface area (Å²) in [7, 11) is -4.25. The molecule has 2 aromatic rings. The molecular formula is C14H12F3NO3S. The lowest BCUT2D eigenvalue weighted by atomic mass is 10.1. The summed E-state index contributed by atoms with van der Waals surface area (Å²) in [5, 5.41) is 9.76. The summed E-state index contributed by atoms with van der Waals surface area (Å²) >= 11 is 0. The summed E-state index contributed by atoms with van der Waals surface area (Å²) in [5.74, 6) is -2.98. The Labute approximate surface area is 125 Å². The third kappa shape index (κ3) is 3.46. The number of halogens is 3. The van der Waals surface area contributed by atoms with Crippen LogP contribution in [0.4, 0.5) is 13.2 Å². The van der Waals surface area contributed by atoms with Crippen LogP contribution in [0.15, 0.2) is 47.4 Å². The van der Waals surface area contributed by atoms with E-state index < -0.39 is 50.6 Å². The highest BCUT2D eigenvalue weighted by Gasteiger charge is 2.23. The fourth-order valence-corrected chi connectivity index (χ4v) is 2.98. The van der Waals surface area contributed by atoms with Crippen LogP contribution < -0.4 is 4.72 Å². The van der Waals surface area contributed by atoms with Gasteiger partial charge in [0.05, 0.1) is 11.7 Å². The van der Waals surface area contributed by atoms with Gasteiger partial charge in [-0.3, -0.25) is 0 Å². The van der Waals surface area contributed by atoms with Crippen molar-refractivity contribution in [3.63, 3.8) is 0 Å². The van der Waals surface area contributed by atoms with Crippen LogP contribution in [0.1, 0.15) is 11.7 Å². The van der Waals surface area contributed by atoms with Crippen LogP contribution in [0.25, 0.3) is 0 Å². The van der Waals surface area contributed by atoms with Crippen molar-refractivity contribution in [2.24, 2.45) is 0 Å². The molecule has 0 fully saturated rings. The Morgan fingerprint density at radius 1 is 0.955 bits per heavy atom. The minimum atomic E-state index is -4.25. The van der Waals surface area contributed by atoms with Gasteiger partial charge in [0.15, 0.2) is 0 Å². The first-order valence-electron chi connectivity index (χ1n) is 6.19. The second-order valence-electron chi connectivity index (χ2n) is 4.43. The highest BCUT2D eigenvalue weighted by molar-refractivity contribution is 7.89. The maximum atomic E-state index is 13.5. The van der Waals surface area contributed by atoms with Gasteiger partial charge in [-0.1, -0.05) is 18.2 Å². The van der Waals surface area contributed by atoms with E-state index in [-0.39, 0.29) is 0 Å². The molecule has 0 radical (unpaired) electrons. The average Bonchev–Trinajstić information content (AvgIpc) is 2.45. The zero-order valence-electron chi connectivity index (χ0n) is 11.1. The zero-order valence-corrected chi connectivity index (χ0v) is 11.9. The number of benzene rings is 2. The lowest BCUT2D eigenvalue weighted by Crippen LogP contribution is -2.29. The Balaban J connectivity index is 2.18. The number of aliphatic hydroxyl groups is 1. The third-order valence-corrected chi connectivity index (χ3v) is 4.38. The predicted octanol–water partition coefficient (Wildman–Crippen LogP) is 2.12. The summed E-state index contributed by atoms with van der Waals surface area (Å²) in [6, 6.07) is 7.63. The second-order valence-corrected chi connectivity index (χ2v) is 6.17. The number of rotatable bonds is 5. The molecule has 0 saturated carbocycles. The summed E-state index contributed by atoms with van der Waals surface area (Å²) in [4.78, 5) is -0.615. The summed E-state index contributed by atoms with van der Waals surface area (Å²) in [6.45, 7) is -0.700. The lowest BCUT2D eigenvalue weighted by Gasteiger charge is -2.14. The fourth-order valence-electron chi connectivity index (χ4n) is 1.86. The van der Waals surface area contributed by atoms with Crippen molar-refractivity contribution in [2.75, 3.05) is 6.54 Å². The maximum Gasteiger partial charge on any atom is 0.243 e. The van der Waals surface area contributed by atoms with Crippen LogP contribution in [-0.4, -0.2) is 20.1 Å². The number of nitrogens with one attached hydrogen (secondary N) is 1. The standard InChI is InChI=1S/C14H12F3NO3S/c15-9-4-1-2-7-13(9)22(20,21)18-8-12(19)14-10(16)5-3-6-11(14)17/h1-7,12,18-19H,8H2. The number of aliphatic hydroxyl groups excluding tert-OH is 1. The maximum absolute atomic E-state index is 13.5. The SMILES string of the molecule is O=S(=O)(NCC(O)c1c(F)cccc1F)c1ccccc1F. The van der Waals surface area contributed by atoms with Gasteiger partial charge in [-0.05, 0) is 24.3 Å². The molecule has 2 aromatic carbocycles. The van der Waals surface area contributed by atoms with Crippen LogP contribution in [-0.2, 0) is 10.0 Å². The van der Waals surface area contributed by atoms with E-state index >= 15 is 0 Å². The van der Waals surface area contributed by atoms with Crippen molar-refractivity contribution in [3.8, 4) is 0 Å². The molecule has 22 heavy (non-hydrogen) atoms. The summed E-state index contributed by atoms with van der Waals surface area (Å²) in [5.41, 5.74) is -0.654. The molecule has 0 spiro atoms. The molecule has 0 aliphatic carbocycles. The normalized spacial score (nSPS) is 13.1. The Morgan fingerprint density at radius 3 is 2.09 bits per heavy atom. The number of hydrogen-bond acceptors (Lipinski definition) is 3. The number of sulfonamides is 1. The first kappa shape index (κ1) is 16.5. The Morgan fingerprint density at radius 2 is 1.50 bits per heavy atom. The van der Waals surface area contributed by atoms with Crippen molar-refractivity contribution in [1.29, 1.82) is 0 Å². The van der Waals surface area contributed by atoms with Crippen LogP contribution in [0, 0.1) is 17.5 Å². The minimum Gasteiger partial charge on any atom is -0.387 e. The van der Waals surface area contributed by atoms with Gasteiger partial charge in [-0.2, -0.15) is 0 Å². The molecule has 2 N–H and O–H groups in total. The van der Waals surface area contributed by atoms with Gasteiger partial charge in [-0.25, -0.2) is 26.3 Å². The van der Waals surface area contributed by atoms with Crippen molar-refractivity contribution in [3.05, 3.63) is 65.5 Å². The Bertz CT molecular complexity index is 760. The van der Waals surface area contributed by atoms with Crippen LogP contribution in [0.3, 0.4) is 0 Å². The van der Waals surface area contributed by atoms with Gasteiger partial charge < -0.3 is 5.11 Å². The van der Waals surface area contributed by atoms with Gasteiger partial charge >= 0.3 is 0 Å². The molecule has 0 bridgehead atoms. The molecule has 0 amide bonds. The van der Waals surface area contributed by atoms with Gasteiger partial charge in [0.1, 0.15) is 22.3 Å². The second kappa shape index (κ2) is 6.47. The van der Waals surface area contributed by atoms with Crippen molar-refractivity contribution in [1.82, 2.24) is 4.72 Å². The number of hydrogen-bond donors (Lipinski definition) is 2. The van der Waals surface area contributed by atoms with E-state index in [2.05, 4.69) is 0 Å². The monoisotopic (exact) mass is 331 g/mol. The molecule has 0 aliphatic heterocycles. The molecule has 0 aliphatic rings. The highest BCUT2D eigenvalue weighted by atomic mass is 32.2. The molecule has 4 nitrogen and oxygen atoms in total. The summed E-state index contributed by atoms with van der Waals surface area (Å²) < 4.78 is 66.1. The minimum absolute atomic E-state index is 0.615. The molecule has 2 rings (SSSR count). The molecule has 1 unspecified atom stereocenters. The smallest absolute Gasteiger partial charge is 0.243 e. The molecule has 0 saturated heterocycles. The van der Waals surface area contributed by atoms with E-state index in [9.17, 15) is 26.7 Å². The van der Waals surface area contributed by atoms with Crippen LogP contribution in [0.2, 0.25) is 0 Å². The van der Waals surface area contributed by atoms with Crippen molar-refractivity contribution >= 4 is 10.0 Å². The quantitative estimate of drug-likeness (QED) is 0.882. The largest absolute Gasteiger partial charge is 0.387 e. The third-order valence-electron chi connectivity index (χ3n) is 2.93. The van der Waals surface area contributed by atoms with Crippen LogP contribution >= 0.6 is 0 Å². The van der Waals surface area contributed by atoms with E-state index in [1.165, 1.54) is 12.1 Å². The van der Waals surface area contributed by atoms with E-state index in [1.807, 2.05) is 4.72 Å². The van der Waals surface area contributed by atoms with Crippen molar-refractivity contribution < 1.29 is 26.7 Å². The molecule has 0 aromatic heterocycles. The topological polar surface area (TPSA) is 66.4 Å². The Kier molecular flexibility index (Phi) is 4.84. The van der Waals surface area contributed by atoms with Crippen molar-refractivity contribution in [2.45, 2.75) is 11.0 Å². The molecular weight excluding hydrogens is 319 g/mol. The highest BCUT2D eigenvalue weighted by Crippen LogP contribution is 2.21. The molecule has 0 heterocycles. The molecule has 8 heteroatoms. The average molecular weight is 331 g/mol. The van der Waals surface area contributed by atoms with Gasteiger partial charge in [0.2, 0.25) is 10.0 Å².